The number of carbonyl (C=O) groups is 1. The van der Waals surface area contributed by atoms with Crippen LogP contribution in [0.15, 0.2) is 15.9 Å². The second kappa shape index (κ2) is 5.80. The Morgan fingerprint density at radius 2 is 2.15 bits per heavy atom. The van der Waals surface area contributed by atoms with Crippen LogP contribution in [0, 0.1) is 24.2 Å². The number of carboxylic acid groups (broad SMARTS) is 1. The Morgan fingerprint density at radius 3 is 2.65 bits per heavy atom. The van der Waals surface area contributed by atoms with Gasteiger partial charge in [-0.2, -0.15) is 0 Å². The molecule has 0 bridgehead atoms. The van der Waals surface area contributed by atoms with Crippen LogP contribution in [0.2, 0.25) is 0 Å². The molecule has 0 aromatic carbocycles. The third kappa shape index (κ3) is 3.57. The highest BCUT2D eigenvalue weighted by Gasteiger charge is 2.40. The lowest BCUT2D eigenvalue weighted by Gasteiger charge is -2.39. The Labute approximate surface area is 124 Å². The maximum absolute atomic E-state index is 11.5. The van der Waals surface area contributed by atoms with Gasteiger partial charge >= 0.3 is 5.97 Å². The number of aromatic nitrogens is 1. The Kier molecular flexibility index (Phi) is 4.47. The molecule has 1 heterocycles. The molecule has 5 heteroatoms. The Bertz CT molecular complexity index is 478. The predicted molar refractivity (Wildman–Crippen MR) is 78.8 cm³/mol. The molecule has 2 rings (SSSR count). The van der Waals surface area contributed by atoms with Gasteiger partial charge in [-0.05, 0) is 37.5 Å². The molecule has 4 nitrogen and oxygen atoms in total. The average Bonchev–Trinajstić information content (AvgIpc) is 2.73. The molecule has 1 fully saturated rings. The molecule has 3 unspecified atom stereocenters. The van der Waals surface area contributed by atoms with Crippen LogP contribution in [0.5, 0.6) is 0 Å². The zero-order valence-electron chi connectivity index (χ0n) is 12.5. The van der Waals surface area contributed by atoms with Crippen molar-refractivity contribution in [1.82, 2.24) is 4.98 Å². The normalized spacial score (nSPS) is 27.5. The summed E-state index contributed by atoms with van der Waals surface area (Å²) in [6.45, 7) is 8.57. The summed E-state index contributed by atoms with van der Waals surface area (Å²) in [5.41, 5.74) is 1.05. The average molecular weight is 297 g/mol. The molecule has 0 amide bonds. The lowest BCUT2D eigenvalue weighted by atomic mass is 9.69. The number of aliphatic carboxylic acids is 1. The van der Waals surface area contributed by atoms with Gasteiger partial charge in [0.25, 0.3) is 5.22 Å². The summed E-state index contributed by atoms with van der Waals surface area (Å²) in [7, 11) is 0. The number of nitrogens with zero attached hydrogens (tertiary/aromatic N) is 1. The van der Waals surface area contributed by atoms with Crippen molar-refractivity contribution >= 4 is 17.7 Å². The molecule has 1 saturated carbocycles. The van der Waals surface area contributed by atoms with Crippen LogP contribution in [-0.4, -0.2) is 21.3 Å². The molecule has 20 heavy (non-hydrogen) atoms. The maximum atomic E-state index is 11.5. The Morgan fingerprint density at radius 1 is 1.45 bits per heavy atom. The quantitative estimate of drug-likeness (QED) is 0.914. The van der Waals surface area contributed by atoms with Crippen molar-refractivity contribution in [2.24, 2.45) is 17.3 Å². The van der Waals surface area contributed by atoms with Crippen LogP contribution in [0.3, 0.4) is 0 Å². The SMILES string of the molecule is Cc1coc(SC2CC(C(C)(C)C)CCC2C(=O)O)n1. The number of hydrogen-bond acceptors (Lipinski definition) is 4. The number of oxazole rings is 1. The molecular formula is C15H23NO3S. The zero-order valence-corrected chi connectivity index (χ0v) is 13.4. The Hall–Kier alpha value is -0.970. The van der Waals surface area contributed by atoms with Crippen LogP contribution >= 0.6 is 11.8 Å². The van der Waals surface area contributed by atoms with Crippen molar-refractivity contribution in [3.8, 4) is 0 Å². The van der Waals surface area contributed by atoms with E-state index in [-0.39, 0.29) is 16.6 Å². The minimum Gasteiger partial charge on any atom is -0.481 e. The van der Waals surface area contributed by atoms with E-state index < -0.39 is 5.97 Å². The summed E-state index contributed by atoms with van der Waals surface area (Å²) < 4.78 is 5.37. The fourth-order valence-electron chi connectivity index (χ4n) is 2.84. The minimum absolute atomic E-state index is 0.0449. The number of rotatable bonds is 3. The summed E-state index contributed by atoms with van der Waals surface area (Å²) in [5, 5.41) is 10.1. The van der Waals surface area contributed by atoms with E-state index in [1.165, 1.54) is 11.8 Å². The molecule has 1 aliphatic carbocycles. The van der Waals surface area contributed by atoms with Gasteiger partial charge in [-0.3, -0.25) is 4.79 Å². The smallest absolute Gasteiger partial charge is 0.307 e. The monoisotopic (exact) mass is 297 g/mol. The van der Waals surface area contributed by atoms with Crippen molar-refractivity contribution in [3.63, 3.8) is 0 Å². The molecule has 0 aliphatic heterocycles. The fourth-order valence-corrected chi connectivity index (χ4v) is 4.15. The number of hydrogen-bond donors (Lipinski definition) is 1. The third-order valence-electron chi connectivity index (χ3n) is 4.18. The Balaban J connectivity index is 2.12. The van der Waals surface area contributed by atoms with E-state index in [1.54, 1.807) is 6.26 Å². The van der Waals surface area contributed by atoms with Gasteiger partial charge in [0.1, 0.15) is 6.26 Å². The van der Waals surface area contributed by atoms with Crippen molar-refractivity contribution < 1.29 is 14.3 Å². The molecule has 1 aromatic rings. The summed E-state index contributed by atoms with van der Waals surface area (Å²) in [6.07, 6.45) is 4.26. The summed E-state index contributed by atoms with van der Waals surface area (Å²) in [5.74, 6) is -0.449. The van der Waals surface area contributed by atoms with Gasteiger partial charge in [0.2, 0.25) is 0 Å². The number of thioether (sulfide) groups is 1. The molecule has 1 aromatic heterocycles. The van der Waals surface area contributed by atoms with Crippen LogP contribution in [0.25, 0.3) is 0 Å². The lowest BCUT2D eigenvalue weighted by molar-refractivity contribution is -0.143. The van der Waals surface area contributed by atoms with E-state index in [1.807, 2.05) is 6.92 Å². The molecule has 1 aliphatic rings. The number of aryl methyl sites for hydroxylation is 1. The van der Waals surface area contributed by atoms with Gasteiger partial charge in [-0.25, -0.2) is 4.98 Å². The van der Waals surface area contributed by atoms with Gasteiger partial charge in [0, 0.05) is 5.25 Å². The van der Waals surface area contributed by atoms with E-state index in [2.05, 4.69) is 25.8 Å². The van der Waals surface area contributed by atoms with E-state index in [9.17, 15) is 9.90 Å². The van der Waals surface area contributed by atoms with Crippen molar-refractivity contribution in [2.45, 2.75) is 57.4 Å². The fraction of sp³-hybridized carbons (Fsp3) is 0.733. The minimum atomic E-state index is -0.696. The van der Waals surface area contributed by atoms with Crippen molar-refractivity contribution in [3.05, 3.63) is 12.0 Å². The highest BCUT2D eigenvalue weighted by Crippen LogP contribution is 2.45. The molecular weight excluding hydrogens is 274 g/mol. The summed E-state index contributed by atoms with van der Waals surface area (Å²) in [4.78, 5) is 15.7. The highest BCUT2D eigenvalue weighted by molar-refractivity contribution is 7.99. The molecule has 3 atom stereocenters. The molecule has 1 N–H and O–H groups in total. The third-order valence-corrected chi connectivity index (χ3v) is 5.40. The van der Waals surface area contributed by atoms with E-state index in [0.717, 1.165) is 25.0 Å². The molecule has 0 radical (unpaired) electrons. The molecule has 0 saturated heterocycles. The largest absolute Gasteiger partial charge is 0.481 e. The second-order valence-electron chi connectivity index (χ2n) is 6.73. The van der Waals surface area contributed by atoms with Gasteiger partial charge in [-0.1, -0.05) is 32.5 Å². The zero-order chi connectivity index (χ0) is 14.9. The van der Waals surface area contributed by atoms with Gasteiger partial charge < -0.3 is 9.52 Å². The molecule has 0 spiro atoms. The predicted octanol–water partition coefficient (Wildman–Crippen LogP) is 3.99. The first-order valence-corrected chi connectivity index (χ1v) is 7.97. The molecule has 112 valence electrons. The van der Waals surface area contributed by atoms with Crippen LogP contribution in [0.1, 0.15) is 45.7 Å². The van der Waals surface area contributed by atoms with Crippen LogP contribution in [-0.2, 0) is 4.79 Å². The maximum Gasteiger partial charge on any atom is 0.307 e. The van der Waals surface area contributed by atoms with E-state index >= 15 is 0 Å². The van der Waals surface area contributed by atoms with Gasteiger partial charge in [-0.15, -0.1) is 0 Å². The highest BCUT2D eigenvalue weighted by atomic mass is 32.2. The van der Waals surface area contributed by atoms with Gasteiger partial charge in [0.05, 0.1) is 11.6 Å². The van der Waals surface area contributed by atoms with E-state index in [0.29, 0.717) is 11.1 Å². The standard InChI is InChI=1S/C15H23NO3S/c1-9-8-19-14(16-9)20-12-7-10(15(2,3)4)5-6-11(12)13(17)18/h8,10-12H,5-7H2,1-4H3,(H,17,18). The summed E-state index contributed by atoms with van der Waals surface area (Å²) in [6, 6.07) is 0. The second-order valence-corrected chi connectivity index (χ2v) is 7.92. The van der Waals surface area contributed by atoms with Crippen molar-refractivity contribution in [1.29, 1.82) is 0 Å². The van der Waals surface area contributed by atoms with Gasteiger partial charge in [0.15, 0.2) is 0 Å². The van der Waals surface area contributed by atoms with Crippen molar-refractivity contribution in [2.75, 3.05) is 0 Å². The van der Waals surface area contributed by atoms with Crippen LogP contribution in [0.4, 0.5) is 0 Å². The topological polar surface area (TPSA) is 63.3 Å². The first kappa shape index (κ1) is 15.4. The number of carboxylic acids is 1. The first-order valence-electron chi connectivity index (χ1n) is 7.09. The first-order chi connectivity index (χ1) is 9.27. The lowest BCUT2D eigenvalue weighted by Crippen LogP contribution is -2.37. The van der Waals surface area contributed by atoms with E-state index in [4.69, 9.17) is 4.42 Å². The summed E-state index contributed by atoms with van der Waals surface area (Å²) >= 11 is 1.48. The van der Waals surface area contributed by atoms with Crippen LogP contribution < -0.4 is 0 Å².